The summed E-state index contributed by atoms with van der Waals surface area (Å²) in [4.78, 5) is 52.5. The van der Waals surface area contributed by atoms with Gasteiger partial charge in [0, 0.05) is 16.9 Å². The van der Waals surface area contributed by atoms with E-state index in [9.17, 15) is 19.5 Å². The van der Waals surface area contributed by atoms with Gasteiger partial charge >= 0.3 is 5.97 Å². The number of oxime groups is 1. The average molecular weight is 569 g/mol. The van der Waals surface area contributed by atoms with Crippen molar-refractivity contribution in [1.29, 1.82) is 0 Å². The summed E-state index contributed by atoms with van der Waals surface area (Å²) in [6.45, 7) is 2.10. The van der Waals surface area contributed by atoms with Crippen LogP contribution in [-0.2, 0) is 19.2 Å². The van der Waals surface area contributed by atoms with Crippen LogP contribution in [0.1, 0.15) is 12.6 Å². The number of fused-ring (bicyclic) bond motifs is 1. The highest BCUT2D eigenvalue weighted by molar-refractivity contribution is 8.14. The van der Waals surface area contributed by atoms with Crippen LogP contribution < -0.4 is 28.4 Å². The van der Waals surface area contributed by atoms with Crippen LogP contribution in [0.25, 0.3) is 0 Å². The van der Waals surface area contributed by atoms with Crippen LogP contribution in [0.5, 0.6) is 0 Å². The topological polar surface area (TPSA) is 241 Å². The first-order valence-corrected chi connectivity index (χ1v) is 13.6. The molecular formula is C19H24N10O5S3. The fraction of sp³-hybridized carbons (Fsp3) is 0.368. The molecule has 3 aliphatic rings. The maximum absolute atomic E-state index is 13.0. The number of anilines is 1. The van der Waals surface area contributed by atoms with Crippen molar-refractivity contribution in [2.75, 3.05) is 30.4 Å². The zero-order chi connectivity index (χ0) is 26.9. The van der Waals surface area contributed by atoms with Crippen LogP contribution in [0, 0.1) is 0 Å². The standard InChI is InChI=1S/C19H24N10O5S3/c1-2-34-27-10(9-6-36-18(22)24-9)14(30)25-11-15(31)29-12(17(32)33)7(4-35-16(11)29)5-37-19-26-13(21)8(20)3-28(19)23/h6,11,16H,2-5,20-21,23H2,1H3,(H2,22,24)(H,25,30)(H,32,33)/b27-10-/t11?,16-/m0/s1. The molecule has 15 nitrogen and oxygen atoms in total. The molecule has 10 N–H and O–H groups in total. The molecule has 1 aromatic rings. The van der Waals surface area contributed by atoms with Crippen LogP contribution in [0.2, 0.25) is 0 Å². The number of carboxylic acid groups (broad SMARTS) is 1. The largest absolute Gasteiger partial charge is 0.477 e. The Bertz CT molecular complexity index is 1260. The number of hydrogen-bond acceptors (Lipinski definition) is 15. The molecule has 0 aliphatic carbocycles. The van der Waals surface area contributed by atoms with E-state index in [1.807, 2.05) is 0 Å². The summed E-state index contributed by atoms with van der Waals surface area (Å²) in [7, 11) is 0. The van der Waals surface area contributed by atoms with Gasteiger partial charge in [-0.1, -0.05) is 16.9 Å². The number of β-lactam (4-membered cyclic amide) rings is 1. The van der Waals surface area contributed by atoms with E-state index in [4.69, 9.17) is 27.9 Å². The van der Waals surface area contributed by atoms with Gasteiger partial charge in [-0.3, -0.25) is 19.5 Å². The smallest absolute Gasteiger partial charge is 0.352 e. The van der Waals surface area contributed by atoms with Gasteiger partial charge in [0.15, 0.2) is 16.0 Å². The average Bonchev–Trinajstić information content (AvgIpc) is 3.29. The second kappa shape index (κ2) is 10.9. The molecule has 4 rings (SSSR count). The van der Waals surface area contributed by atoms with E-state index in [1.165, 1.54) is 33.4 Å². The van der Waals surface area contributed by atoms with Crippen molar-refractivity contribution in [2.45, 2.75) is 18.3 Å². The van der Waals surface area contributed by atoms with Crippen LogP contribution in [0.15, 0.2) is 38.3 Å². The Balaban J connectivity index is 1.49. The Morgan fingerprint density at radius 3 is 2.78 bits per heavy atom. The number of carbonyl (C=O) groups is 3. The maximum Gasteiger partial charge on any atom is 0.352 e. The molecule has 37 heavy (non-hydrogen) atoms. The maximum atomic E-state index is 13.0. The fourth-order valence-corrected chi connectivity index (χ4v) is 6.53. The summed E-state index contributed by atoms with van der Waals surface area (Å²) < 4.78 is 0. The third-order valence-corrected chi connectivity index (χ3v) is 8.40. The molecule has 0 aromatic carbocycles. The number of nitrogens with two attached hydrogens (primary N) is 4. The minimum Gasteiger partial charge on any atom is -0.477 e. The summed E-state index contributed by atoms with van der Waals surface area (Å²) in [6, 6.07) is -0.959. The number of aliphatic carboxylic acids is 1. The monoisotopic (exact) mass is 568 g/mol. The lowest BCUT2D eigenvalue weighted by Gasteiger charge is -2.49. The highest BCUT2D eigenvalue weighted by Crippen LogP contribution is 2.41. The van der Waals surface area contributed by atoms with Gasteiger partial charge in [-0.25, -0.2) is 20.6 Å². The molecule has 18 heteroatoms. The number of rotatable bonds is 8. The normalized spacial score (nSPS) is 21.9. The summed E-state index contributed by atoms with van der Waals surface area (Å²) in [5.41, 5.74) is 18.0. The van der Waals surface area contributed by atoms with Crippen molar-refractivity contribution in [1.82, 2.24) is 20.2 Å². The molecule has 1 aromatic heterocycles. The van der Waals surface area contributed by atoms with Crippen molar-refractivity contribution < 1.29 is 24.3 Å². The summed E-state index contributed by atoms with van der Waals surface area (Å²) in [5.74, 6) is 4.09. The number of thiazole rings is 1. The van der Waals surface area contributed by atoms with Gasteiger partial charge in [-0.2, -0.15) is 0 Å². The van der Waals surface area contributed by atoms with Crippen molar-refractivity contribution in [3.05, 3.63) is 33.9 Å². The summed E-state index contributed by atoms with van der Waals surface area (Å²) >= 11 is 3.63. The molecule has 4 heterocycles. The van der Waals surface area contributed by atoms with E-state index >= 15 is 0 Å². The van der Waals surface area contributed by atoms with Crippen LogP contribution in [0.4, 0.5) is 5.13 Å². The third kappa shape index (κ3) is 5.31. The van der Waals surface area contributed by atoms with Crippen LogP contribution >= 0.6 is 34.9 Å². The molecule has 0 bridgehead atoms. The molecule has 3 aliphatic heterocycles. The number of nitrogens with one attached hydrogen (secondary N) is 1. The van der Waals surface area contributed by atoms with Gasteiger partial charge in [-0.05, 0) is 12.5 Å². The molecule has 2 atom stereocenters. The number of aromatic nitrogens is 1. The number of carboxylic acids is 1. The quantitative estimate of drug-likeness (QED) is 0.0913. The SMILES string of the molecule is CCO/N=C(\C(=O)NC1C(=O)N2C(C(=O)O)=C(CSC3=NC(N)=C(N)CN3N)CS[C@@H]12)c1csc(N)n1. The number of hydrogen-bond donors (Lipinski definition) is 6. The lowest BCUT2D eigenvalue weighted by atomic mass is 10.0. The van der Waals surface area contributed by atoms with Gasteiger partial charge in [0.2, 0.25) is 0 Å². The first-order chi connectivity index (χ1) is 17.6. The van der Waals surface area contributed by atoms with Gasteiger partial charge < -0.3 is 32.5 Å². The predicted octanol–water partition coefficient (Wildman–Crippen LogP) is -1.43. The number of amides is 2. The number of hydrazine groups is 1. The number of nitrogen functional groups attached to an aromatic ring is 1. The zero-order valence-electron chi connectivity index (χ0n) is 19.4. The molecule has 0 saturated carbocycles. The van der Waals surface area contributed by atoms with E-state index in [1.54, 1.807) is 12.3 Å². The molecule has 0 spiro atoms. The first-order valence-electron chi connectivity index (χ1n) is 10.7. The van der Waals surface area contributed by atoms with E-state index in [0.717, 1.165) is 11.3 Å². The van der Waals surface area contributed by atoms with Crippen LogP contribution in [-0.4, -0.2) is 84.7 Å². The van der Waals surface area contributed by atoms with Gasteiger partial charge in [0.25, 0.3) is 11.8 Å². The number of nitrogens with zero attached hydrogens (tertiary/aromatic N) is 5. The Morgan fingerprint density at radius 2 is 2.14 bits per heavy atom. The lowest BCUT2D eigenvalue weighted by Crippen LogP contribution is -2.71. The Hall–Kier alpha value is -3.48. The highest BCUT2D eigenvalue weighted by atomic mass is 32.2. The molecule has 0 radical (unpaired) electrons. The Morgan fingerprint density at radius 1 is 1.38 bits per heavy atom. The molecule has 1 unspecified atom stereocenters. The van der Waals surface area contributed by atoms with Gasteiger partial charge in [-0.15, -0.1) is 23.1 Å². The molecular weight excluding hydrogens is 544 g/mol. The lowest BCUT2D eigenvalue weighted by molar-refractivity contribution is -0.150. The Labute approximate surface area is 223 Å². The highest BCUT2D eigenvalue weighted by Gasteiger charge is 2.54. The van der Waals surface area contributed by atoms with Crippen molar-refractivity contribution in [3.63, 3.8) is 0 Å². The first kappa shape index (κ1) is 26.6. The molecule has 1 saturated heterocycles. The zero-order valence-corrected chi connectivity index (χ0v) is 21.9. The second-order valence-corrected chi connectivity index (χ2v) is 10.7. The van der Waals surface area contributed by atoms with E-state index in [2.05, 4.69) is 20.4 Å². The predicted molar refractivity (Wildman–Crippen MR) is 141 cm³/mol. The number of carbonyl (C=O) groups excluding carboxylic acids is 2. The number of aliphatic imine (C=N–C) groups is 1. The molecule has 198 valence electrons. The molecule has 1 fully saturated rings. The van der Waals surface area contributed by atoms with Crippen LogP contribution in [0.3, 0.4) is 0 Å². The van der Waals surface area contributed by atoms with Gasteiger partial charge in [0.05, 0.1) is 12.2 Å². The number of thioether (sulfide) groups is 2. The third-order valence-electron chi connectivity index (χ3n) is 5.31. The minimum atomic E-state index is -1.26. The van der Waals surface area contributed by atoms with Crippen molar-refractivity contribution in [3.8, 4) is 0 Å². The Kier molecular flexibility index (Phi) is 7.81. The summed E-state index contributed by atoms with van der Waals surface area (Å²) in [5, 5.41) is 19.2. The van der Waals surface area contributed by atoms with E-state index in [-0.39, 0.29) is 47.0 Å². The minimum absolute atomic E-state index is 0.134. The second-order valence-electron chi connectivity index (χ2n) is 7.77. The van der Waals surface area contributed by atoms with Crippen molar-refractivity contribution in [2.24, 2.45) is 27.5 Å². The van der Waals surface area contributed by atoms with Crippen molar-refractivity contribution >= 4 is 68.7 Å². The fourth-order valence-electron chi connectivity index (χ4n) is 3.57. The van der Waals surface area contributed by atoms with E-state index in [0.29, 0.717) is 22.2 Å². The van der Waals surface area contributed by atoms with E-state index < -0.39 is 29.2 Å². The summed E-state index contributed by atoms with van der Waals surface area (Å²) in [6.07, 6.45) is 0. The molecule has 2 amide bonds. The number of amidine groups is 1. The van der Waals surface area contributed by atoms with Gasteiger partial charge in [0.1, 0.15) is 35.2 Å².